The molecule has 3 aromatic carbocycles. The number of hydrogen-bond donors (Lipinski definition) is 2. The molecule has 0 spiro atoms. The first kappa shape index (κ1) is 25.0. The Morgan fingerprint density at radius 1 is 0.618 bits per heavy atom. The summed E-state index contributed by atoms with van der Waals surface area (Å²) in [5.74, 6) is 0.307. The van der Waals surface area contributed by atoms with Gasteiger partial charge in [-0.05, 0) is 12.1 Å². The van der Waals surface area contributed by atoms with Crippen LogP contribution in [0.15, 0.2) is 48.5 Å². The summed E-state index contributed by atoms with van der Waals surface area (Å²) < 4.78 is 21.0. The van der Waals surface area contributed by atoms with Crippen LogP contribution in [0.4, 0.5) is 11.4 Å². The number of carbonyl (C=O) groups excluding carboxylic acids is 2. The van der Waals surface area contributed by atoms with E-state index in [1.165, 1.54) is 64.8 Å². The van der Waals surface area contributed by atoms with Crippen LogP contribution in [0.25, 0.3) is 0 Å². The lowest BCUT2D eigenvalue weighted by atomic mass is 10.1. The van der Waals surface area contributed by atoms with Gasteiger partial charge in [-0.25, -0.2) is 0 Å². The molecule has 2 amide bonds. The third-order valence-corrected chi connectivity index (χ3v) is 5.45. The standard InChI is InChI=1S/C24H22Cl2N2O6/c1-31-19-11-17(21(33-3)9-15(19)25)27-23(29)13-7-5-6-8-14(13)24(30)28-18-12-20(32-2)16(26)10-22(18)34-4/h5-12H,1-4H3,(H,27,29)(H,28,30). The van der Waals surface area contributed by atoms with Crippen molar-refractivity contribution >= 4 is 46.4 Å². The minimum absolute atomic E-state index is 0.135. The molecule has 10 heteroatoms. The number of nitrogens with one attached hydrogen (secondary N) is 2. The van der Waals surface area contributed by atoms with Crippen molar-refractivity contribution in [1.82, 2.24) is 0 Å². The van der Waals surface area contributed by atoms with E-state index in [-0.39, 0.29) is 11.1 Å². The van der Waals surface area contributed by atoms with Gasteiger partial charge in [-0.1, -0.05) is 35.3 Å². The highest BCUT2D eigenvalue weighted by Gasteiger charge is 2.21. The minimum atomic E-state index is -0.533. The lowest BCUT2D eigenvalue weighted by molar-refractivity contribution is 0.0990. The number of halogens is 2. The number of ether oxygens (including phenoxy) is 4. The Bertz CT molecular complexity index is 1140. The van der Waals surface area contributed by atoms with Crippen LogP contribution in [0.2, 0.25) is 10.0 Å². The molecule has 0 atom stereocenters. The van der Waals surface area contributed by atoms with Crippen LogP contribution in [0.5, 0.6) is 23.0 Å². The van der Waals surface area contributed by atoms with Crippen molar-refractivity contribution in [3.05, 3.63) is 69.7 Å². The fourth-order valence-electron chi connectivity index (χ4n) is 3.17. The van der Waals surface area contributed by atoms with Crippen LogP contribution in [0.1, 0.15) is 20.7 Å². The van der Waals surface area contributed by atoms with E-state index in [1.54, 1.807) is 12.1 Å². The van der Waals surface area contributed by atoms with Gasteiger partial charge in [0.15, 0.2) is 0 Å². The number of amides is 2. The smallest absolute Gasteiger partial charge is 0.256 e. The largest absolute Gasteiger partial charge is 0.495 e. The minimum Gasteiger partial charge on any atom is -0.495 e. The molecule has 34 heavy (non-hydrogen) atoms. The predicted octanol–water partition coefficient (Wildman–Crippen LogP) is 5.53. The van der Waals surface area contributed by atoms with Gasteiger partial charge in [0, 0.05) is 24.3 Å². The number of hydrogen-bond acceptors (Lipinski definition) is 6. The average molecular weight is 505 g/mol. The molecule has 0 radical (unpaired) electrons. The summed E-state index contributed by atoms with van der Waals surface area (Å²) in [5.41, 5.74) is 0.924. The molecule has 0 aliphatic carbocycles. The highest BCUT2D eigenvalue weighted by atomic mass is 35.5. The van der Waals surface area contributed by atoms with Gasteiger partial charge < -0.3 is 29.6 Å². The maximum atomic E-state index is 13.1. The fourth-order valence-corrected chi connectivity index (χ4v) is 3.64. The molecule has 0 unspecified atom stereocenters. The first-order chi connectivity index (χ1) is 16.3. The summed E-state index contributed by atoms with van der Waals surface area (Å²) in [6.45, 7) is 0. The fraction of sp³-hybridized carbons (Fsp3) is 0.167. The van der Waals surface area contributed by atoms with Crippen LogP contribution in [0, 0.1) is 0 Å². The number of methoxy groups -OCH3 is 4. The number of rotatable bonds is 8. The van der Waals surface area contributed by atoms with Gasteiger partial charge in [0.2, 0.25) is 0 Å². The molecular weight excluding hydrogens is 483 g/mol. The van der Waals surface area contributed by atoms with Crippen LogP contribution in [-0.2, 0) is 0 Å². The quantitative estimate of drug-likeness (QED) is 0.418. The van der Waals surface area contributed by atoms with E-state index in [4.69, 9.17) is 42.1 Å². The van der Waals surface area contributed by atoms with Crippen LogP contribution < -0.4 is 29.6 Å². The summed E-state index contributed by atoms with van der Waals surface area (Å²) >= 11 is 12.3. The van der Waals surface area contributed by atoms with Crippen molar-refractivity contribution in [2.75, 3.05) is 39.1 Å². The molecule has 178 valence electrons. The average Bonchev–Trinajstić information content (AvgIpc) is 2.85. The zero-order valence-electron chi connectivity index (χ0n) is 18.8. The second-order valence-corrected chi connectivity index (χ2v) is 7.64. The summed E-state index contributed by atoms with van der Waals surface area (Å²) in [7, 11) is 5.81. The van der Waals surface area contributed by atoms with Gasteiger partial charge in [0.25, 0.3) is 11.8 Å². The molecule has 3 aromatic rings. The van der Waals surface area contributed by atoms with Gasteiger partial charge >= 0.3 is 0 Å². The van der Waals surface area contributed by atoms with Crippen molar-refractivity contribution < 1.29 is 28.5 Å². The van der Waals surface area contributed by atoms with Crippen LogP contribution >= 0.6 is 23.2 Å². The summed E-state index contributed by atoms with van der Waals surface area (Å²) in [6, 6.07) is 12.5. The Morgan fingerprint density at radius 3 is 1.29 bits per heavy atom. The molecule has 0 saturated heterocycles. The third-order valence-electron chi connectivity index (χ3n) is 4.86. The van der Waals surface area contributed by atoms with Crippen molar-refractivity contribution in [3.63, 3.8) is 0 Å². The Balaban J connectivity index is 1.92. The number of carbonyl (C=O) groups is 2. The second-order valence-electron chi connectivity index (χ2n) is 6.83. The van der Waals surface area contributed by atoms with Gasteiger partial charge in [-0.2, -0.15) is 0 Å². The molecule has 0 aliphatic heterocycles. The van der Waals surface area contributed by atoms with E-state index in [0.717, 1.165) is 0 Å². The van der Waals surface area contributed by atoms with E-state index < -0.39 is 11.8 Å². The Kier molecular flexibility index (Phi) is 8.09. The molecule has 0 aromatic heterocycles. The van der Waals surface area contributed by atoms with Crippen molar-refractivity contribution in [2.24, 2.45) is 0 Å². The van der Waals surface area contributed by atoms with E-state index in [1.807, 2.05) is 0 Å². The first-order valence-electron chi connectivity index (χ1n) is 9.87. The van der Waals surface area contributed by atoms with E-state index in [9.17, 15) is 9.59 Å². The van der Waals surface area contributed by atoms with Crippen molar-refractivity contribution in [1.29, 1.82) is 0 Å². The lowest BCUT2D eigenvalue weighted by Gasteiger charge is -2.16. The number of anilines is 2. The summed E-state index contributed by atoms with van der Waals surface area (Å²) in [5, 5.41) is 6.13. The van der Waals surface area contributed by atoms with Gasteiger partial charge in [-0.15, -0.1) is 0 Å². The third kappa shape index (κ3) is 5.30. The van der Waals surface area contributed by atoms with Crippen molar-refractivity contribution in [3.8, 4) is 23.0 Å². The maximum absolute atomic E-state index is 13.1. The molecule has 3 rings (SSSR count). The van der Waals surface area contributed by atoms with Crippen LogP contribution in [0.3, 0.4) is 0 Å². The maximum Gasteiger partial charge on any atom is 0.256 e. The summed E-state index contributed by atoms with van der Waals surface area (Å²) in [6.07, 6.45) is 0. The molecule has 0 aliphatic rings. The monoisotopic (exact) mass is 504 g/mol. The van der Waals surface area contributed by atoms with Crippen LogP contribution in [-0.4, -0.2) is 40.3 Å². The molecule has 0 bridgehead atoms. The SMILES string of the molecule is COc1cc(NC(=O)c2ccccc2C(=O)Nc2cc(OC)c(Cl)cc2OC)c(OC)cc1Cl. The predicted molar refractivity (Wildman–Crippen MR) is 131 cm³/mol. The Morgan fingerprint density at radius 2 is 0.971 bits per heavy atom. The highest BCUT2D eigenvalue weighted by molar-refractivity contribution is 6.32. The van der Waals surface area contributed by atoms with E-state index in [0.29, 0.717) is 44.4 Å². The second kappa shape index (κ2) is 11.0. The molecule has 0 fully saturated rings. The van der Waals surface area contributed by atoms with Gasteiger partial charge in [-0.3, -0.25) is 9.59 Å². The highest BCUT2D eigenvalue weighted by Crippen LogP contribution is 2.37. The van der Waals surface area contributed by atoms with E-state index >= 15 is 0 Å². The lowest BCUT2D eigenvalue weighted by Crippen LogP contribution is -2.20. The Labute approximate surface area is 206 Å². The van der Waals surface area contributed by atoms with E-state index in [2.05, 4.69) is 10.6 Å². The zero-order chi connectivity index (χ0) is 24.8. The molecule has 8 nitrogen and oxygen atoms in total. The number of benzene rings is 3. The topological polar surface area (TPSA) is 95.1 Å². The molecule has 0 saturated carbocycles. The molecule has 0 heterocycles. The van der Waals surface area contributed by atoms with Gasteiger partial charge in [0.05, 0.1) is 61.0 Å². The zero-order valence-corrected chi connectivity index (χ0v) is 20.3. The van der Waals surface area contributed by atoms with Crippen molar-refractivity contribution in [2.45, 2.75) is 0 Å². The molecular formula is C24H22Cl2N2O6. The Hall–Kier alpha value is -3.62. The normalized spacial score (nSPS) is 10.3. The molecule has 2 N–H and O–H groups in total. The van der Waals surface area contributed by atoms with Gasteiger partial charge in [0.1, 0.15) is 23.0 Å². The first-order valence-corrected chi connectivity index (χ1v) is 10.6. The summed E-state index contributed by atoms with van der Waals surface area (Å²) in [4.78, 5) is 26.3.